The Kier molecular flexibility index (Phi) is 4.26. The number of carbonyl (C=O) groups is 1. The van der Waals surface area contributed by atoms with Gasteiger partial charge in [0.05, 0.1) is 10.6 Å². The van der Waals surface area contributed by atoms with Gasteiger partial charge in [0, 0.05) is 6.20 Å². The molecule has 1 atom stereocenters. The third-order valence-electron chi connectivity index (χ3n) is 1.77. The molecule has 17 heavy (non-hydrogen) atoms. The van der Waals surface area contributed by atoms with Gasteiger partial charge in [-0.05, 0) is 13.0 Å². The summed E-state index contributed by atoms with van der Waals surface area (Å²) in [6.45, 7) is 1.39. The predicted octanol–water partition coefficient (Wildman–Crippen LogP) is 3.32. The molecule has 0 aliphatic rings. The second-order valence-corrected chi connectivity index (χ2v) is 4.84. The van der Waals surface area contributed by atoms with E-state index < -0.39 is 23.0 Å². The van der Waals surface area contributed by atoms with Crippen LogP contribution in [0.2, 0.25) is 5.02 Å². The van der Waals surface area contributed by atoms with Gasteiger partial charge >= 0.3 is 12.1 Å². The summed E-state index contributed by atoms with van der Waals surface area (Å²) in [6, 6.07) is 0.728. The lowest BCUT2D eigenvalue weighted by molar-refractivity contribution is -0.138. The Morgan fingerprint density at radius 3 is 2.59 bits per heavy atom. The second-order valence-electron chi connectivity index (χ2n) is 3.11. The molecule has 0 amide bonds. The molecule has 1 N–H and O–H groups in total. The summed E-state index contributed by atoms with van der Waals surface area (Å²) in [5, 5.41) is 7.66. The Bertz CT molecular complexity index is 439. The maximum atomic E-state index is 12.3. The Hall–Kier alpha value is -0.950. The van der Waals surface area contributed by atoms with E-state index in [0.717, 1.165) is 17.8 Å². The lowest BCUT2D eigenvalue weighted by Crippen LogP contribution is -2.12. The number of hydrogen-bond acceptors (Lipinski definition) is 3. The first-order valence-electron chi connectivity index (χ1n) is 4.34. The quantitative estimate of drug-likeness (QED) is 0.866. The second kappa shape index (κ2) is 5.14. The number of carboxylic acids is 1. The van der Waals surface area contributed by atoms with Crippen molar-refractivity contribution in [3.8, 4) is 0 Å². The molecule has 0 aromatic carbocycles. The van der Waals surface area contributed by atoms with Crippen LogP contribution in [0.1, 0.15) is 12.5 Å². The minimum absolute atomic E-state index is 0.0644. The molecule has 0 spiro atoms. The molecule has 0 aliphatic carbocycles. The summed E-state index contributed by atoms with van der Waals surface area (Å²) in [6.07, 6.45) is -3.89. The summed E-state index contributed by atoms with van der Waals surface area (Å²) in [5.41, 5.74) is -0.963. The third kappa shape index (κ3) is 3.78. The molecule has 0 radical (unpaired) electrons. The van der Waals surface area contributed by atoms with Crippen LogP contribution in [0, 0.1) is 0 Å². The van der Waals surface area contributed by atoms with Gasteiger partial charge in [0.1, 0.15) is 10.3 Å². The first-order valence-corrected chi connectivity index (χ1v) is 5.59. The largest absolute Gasteiger partial charge is 0.480 e. The molecule has 0 saturated heterocycles. The van der Waals surface area contributed by atoms with Gasteiger partial charge in [-0.2, -0.15) is 13.2 Å². The molecule has 0 bridgehead atoms. The van der Waals surface area contributed by atoms with Gasteiger partial charge in [-0.3, -0.25) is 4.79 Å². The molecular weight excluding hydrogens is 279 g/mol. The van der Waals surface area contributed by atoms with Gasteiger partial charge in [-0.25, -0.2) is 4.98 Å². The molecule has 1 rings (SSSR count). The number of aliphatic carboxylic acids is 1. The monoisotopic (exact) mass is 285 g/mol. The highest BCUT2D eigenvalue weighted by molar-refractivity contribution is 8.00. The van der Waals surface area contributed by atoms with Crippen LogP contribution in [-0.2, 0) is 11.0 Å². The van der Waals surface area contributed by atoms with Crippen molar-refractivity contribution in [2.45, 2.75) is 23.4 Å². The van der Waals surface area contributed by atoms with Crippen molar-refractivity contribution in [3.63, 3.8) is 0 Å². The van der Waals surface area contributed by atoms with Gasteiger partial charge in [0.15, 0.2) is 0 Å². The number of carboxylic acid groups (broad SMARTS) is 1. The predicted molar refractivity (Wildman–Crippen MR) is 57.2 cm³/mol. The lowest BCUT2D eigenvalue weighted by atomic mass is 10.3. The average molecular weight is 286 g/mol. The van der Waals surface area contributed by atoms with Gasteiger partial charge in [-0.1, -0.05) is 23.4 Å². The van der Waals surface area contributed by atoms with Crippen LogP contribution in [0.3, 0.4) is 0 Å². The number of aromatic nitrogens is 1. The Balaban J connectivity index is 2.95. The van der Waals surface area contributed by atoms with Crippen molar-refractivity contribution >= 4 is 29.3 Å². The van der Waals surface area contributed by atoms with Gasteiger partial charge in [0.25, 0.3) is 0 Å². The zero-order chi connectivity index (χ0) is 13.2. The zero-order valence-corrected chi connectivity index (χ0v) is 10.0. The molecule has 1 aromatic heterocycles. The van der Waals surface area contributed by atoms with Crippen molar-refractivity contribution < 1.29 is 23.1 Å². The van der Waals surface area contributed by atoms with Crippen LogP contribution < -0.4 is 0 Å². The number of halogens is 4. The molecule has 3 nitrogen and oxygen atoms in total. The van der Waals surface area contributed by atoms with Crippen LogP contribution in [0.4, 0.5) is 13.2 Å². The molecule has 0 aliphatic heterocycles. The third-order valence-corrected chi connectivity index (χ3v) is 3.27. The van der Waals surface area contributed by atoms with E-state index in [1.807, 2.05) is 0 Å². The van der Waals surface area contributed by atoms with E-state index in [4.69, 9.17) is 16.7 Å². The fraction of sp³-hybridized carbons (Fsp3) is 0.333. The molecule has 94 valence electrons. The van der Waals surface area contributed by atoms with Crippen LogP contribution >= 0.6 is 23.4 Å². The summed E-state index contributed by atoms with van der Waals surface area (Å²) in [7, 11) is 0. The minimum Gasteiger partial charge on any atom is -0.480 e. The molecule has 1 aromatic rings. The smallest absolute Gasteiger partial charge is 0.417 e. The van der Waals surface area contributed by atoms with Crippen molar-refractivity contribution in [1.82, 2.24) is 4.98 Å². The highest BCUT2D eigenvalue weighted by Gasteiger charge is 2.31. The van der Waals surface area contributed by atoms with Crippen LogP contribution in [-0.4, -0.2) is 21.3 Å². The SMILES string of the molecule is C[C@H](Sc1ncc(C(F)(F)F)cc1Cl)C(=O)O. The highest BCUT2D eigenvalue weighted by atomic mass is 35.5. The van der Waals surface area contributed by atoms with Gasteiger partial charge < -0.3 is 5.11 Å². The Morgan fingerprint density at radius 1 is 1.59 bits per heavy atom. The topological polar surface area (TPSA) is 50.2 Å². The normalized spacial score (nSPS) is 13.5. The molecule has 0 unspecified atom stereocenters. The summed E-state index contributed by atoms with van der Waals surface area (Å²) >= 11 is 6.40. The van der Waals surface area contributed by atoms with Crippen LogP contribution in [0.5, 0.6) is 0 Å². The minimum atomic E-state index is -4.52. The van der Waals surface area contributed by atoms with Crippen molar-refractivity contribution in [2.75, 3.05) is 0 Å². The summed E-state index contributed by atoms with van der Waals surface area (Å²) in [5.74, 6) is -1.09. The van der Waals surface area contributed by atoms with E-state index >= 15 is 0 Å². The van der Waals surface area contributed by atoms with Crippen LogP contribution in [0.15, 0.2) is 17.3 Å². The number of pyridine rings is 1. The number of nitrogens with zero attached hydrogens (tertiary/aromatic N) is 1. The van der Waals surface area contributed by atoms with Crippen LogP contribution in [0.25, 0.3) is 0 Å². The fourth-order valence-corrected chi connectivity index (χ4v) is 1.91. The first kappa shape index (κ1) is 14.1. The standard InChI is InChI=1S/C9H7ClF3NO2S/c1-4(8(15)16)17-7-6(10)2-5(3-14-7)9(11,12)13/h2-4H,1H3,(H,15,16)/t4-/m0/s1. The van der Waals surface area contributed by atoms with E-state index in [9.17, 15) is 18.0 Å². The maximum Gasteiger partial charge on any atom is 0.417 e. The number of rotatable bonds is 3. The van der Waals surface area contributed by atoms with Gasteiger partial charge in [-0.15, -0.1) is 0 Å². The van der Waals surface area contributed by atoms with Crippen molar-refractivity contribution in [3.05, 3.63) is 22.8 Å². The Labute approximate surface area is 104 Å². The number of alkyl halides is 3. The van der Waals surface area contributed by atoms with E-state index in [1.54, 1.807) is 0 Å². The van der Waals surface area contributed by atoms with Crippen molar-refractivity contribution in [1.29, 1.82) is 0 Å². The van der Waals surface area contributed by atoms with E-state index in [0.29, 0.717) is 6.20 Å². The number of thioether (sulfide) groups is 1. The van der Waals surface area contributed by atoms with Crippen molar-refractivity contribution in [2.24, 2.45) is 0 Å². The lowest BCUT2D eigenvalue weighted by Gasteiger charge is -2.10. The molecule has 1 heterocycles. The van der Waals surface area contributed by atoms with E-state index in [2.05, 4.69) is 4.98 Å². The average Bonchev–Trinajstić information content (AvgIpc) is 2.19. The van der Waals surface area contributed by atoms with Gasteiger partial charge in [0.2, 0.25) is 0 Å². The fourth-order valence-electron chi connectivity index (χ4n) is 0.885. The Morgan fingerprint density at radius 2 is 2.18 bits per heavy atom. The summed E-state index contributed by atoms with van der Waals surface area (Å²) in [4.78, 5) is 14.1. The number of hydrogen-bond donors (Lipinski definition) is 1. The molecule has 0 fully saturated rings. The molecule has 8 heteroatoms. The zero-order valence-electron chi connectivity index (χ0n) is 8.45. The molecular formula is C9H7ClF3NO2S. The highest BCUT2D eigenvalue weighted by Crippen LogP contribution is 2.34. The van der Waals surface area contributed by atoms with E-state index in [1.165, 1.54) is 6.92 Å². The summed E-state index contributed by atoms with van der Waals surface area (Å²) < 4.78 is 36.9. The van der Waals surface area contributed by atoms with E-state index in [-0.39, 0.29) is 10.0 Å². The maximum absolute atomic E-state index is 12.3. The molecule has 0 saturated carbocycles. The first-order chi connectivity index (χ1) is 7.71.